The number of unbranched alkanes of at least 4 members (excludes halogenated alkanes) is 2. The molecule has 112 valence electrons. The SMILES string of the molecule is CCCCCc1ccc(/C=C2/N=C(N)c3ccccc32)cc1. The monoisotopic (exact) mass is 290 g/mol. The molecule has 0 amide bonds. The van der Waals surface area contributed by atoms with E-state index in [2.05, 4.69) is 48.3 Å². The number of aryl methyl sites for hydroxylation is 1. The number of hydrogen-bond acceptors (Lipinski definition) is 2. The number of benzene rings is 2. The van der Waals surface area contributed by atoms with Gasteiger partial charge in [-0.1, -0.05) is 68.3 Å². The van der Waals surface area contributed by atoms with Gasteiger partial charge in [-0.15, -0.1) is 0 Å². The van der Waals surface area contributed by atoms with Crippen LogP contribution in [0.15, 0.2) is 53.5 Å². The summed E-state index contributed by atoms with van der Waals surface area (Å²) >= 11 is 0. The molecule has 2 heteroatoms. The maximum Gasteiger partial charge on any atom is 0.132 e. The summed E-state index contributed by atoms with van der Waals surface area (Å²) in [5.74, 6) is 0.609. The fraction of sp³-hybridized carbons (Fsp3) is 0.250. The molecule has 0 fully saturated rings. The first-order valence-electron chi connectivity index (χ1n) is 8.02. The van der Waals surface area contributed by atoms with Gasteiger partial charge in [-0.3, -0.25) is 0 Å². The van der Waals surface area contributed by atoms with Crippen molar-refractivity contribution in [3.63, 3.8) is 0 Å². The summed E-state index contributed by atoms with van der Waals surface area (Å²) in [7, 11) is 0. The van der Waals surface area contributed by atoms with E-state index in [1.807, 2.05) is 18.2 Å². The smallest absolute Gasteiger partial charge is 0.132 e. The number of aliphatic imine (C=N–C) groups is 1. The second-order valence-corrected chi connectivity index (χ2v) is 5.77. The first-order chi connectivity index (χ1) is 10.8. The lowest BCUT2D eigenvalue weighted by Gasteiger charge is -2.03. The third-order valence-electron chi connectivity index (χ3n) is 4.07. The lowest BCUT2D eigenvalue weighted by Crippen LogP contribution is -2.09. The van der Waals surface area contributed by atoms with Crippen LogP contribution in [0.4, 0.5) is 0 Å². The second-order valence-electron chi connectivity index (χ2n) is 5.77. The molecule has 0 saturated heterocycles. The molecule has 2 aromatic rings. The van der Waals surface area contributed by atoms with Crippen LogP contribution in [0.3, 0.4) is 0 Å². The van der Waals surface area contributed by atoms with Crippen molar-refractivity contribution in [2.24, 2.45) is 10.7 Å². The summed E-state index contributed by atoms with van der Waals surface area (Å²) < 4.78 is 0. The van der Waals surface area contributed by atoms with Gasteiger partial charge in [0.25, 0.3) is 0 Å². The molecule has 2 aromatic carbocycles. The molecule has 0 unspecified atom stereocenters. The Labute approximate surface area is 132 Å². The first kappa shape index (κ1) is 14.6. The van der Waals surface area contributed by atoms with E-state index in [1.165, 1.54) is 36.8 Å². The normalized spacial score (nSPS) is 15.0. The van der Waals surface area contributed by atoms with Gasteiger partial charge in [0.2, 0.25) is 0 Å². The zero-order chi connectivity index (χ0) is 15.4. The highest BCUT2D eigenvalue weighted by Crippen LogP contribution is 2.28. The molecule has 0 atom stereocenters. The van der Waals surface area contributed by atoms with Crippen LogP contribution >= 0.6 is 0 Å². The summed E-state index contributed by atoms with van der Waals surface area (Å²) in [6.07, 6.45) is 7.11. The average molecular weight is 290 g/mol. The first-order valence-corrected chi connectivity index (χ1v) is 8.02. The van der Waals surface area contributed by atoms with Crippen molar-refractivity contribution in [2.75, 3.05) is 0 Å². The van der Waals surface area contributed by atoms with E-state index in [0.29, 0.717) is 5.84 Å². The van der Waals surface area contributed by atoms with Crippen LogP contribution in [-0.4, -0.2) is 5.84 Å². The van der Waals surface area contributed by atoms with E-state index in [4.69, 9.17) is 5.73 Å². The van der Waals surface area contributed by atoms with Crippen LogP contribution in [0.25, 0.3) is 11.8 Å². The molecule has 0 aromatic heterocycles. The molecular formula is C20H22N2. The summed E-state index contributed by atoms with van der Waals surface area (Å²) in [5, 5.41) is 0. The topological polar surface area (TPSA) is 38.4 Å². The average Bonchev–Trinajstić information content (AvgIpc) is 2.86. The van der Waals surface area contributed by atoms with Gasteiger partial charge in [0.15, 0.2) is 0 Å². The highest BCUT2D eigenvalue weighted by molar-refractivity contribution is 6.11. The van der Waals surface area contributed by atoms with Gasteiger partial charge >= 0.3 is 0 Å². The Kier molecular flexibility index (Phi) is 4.38. The minimum Gasteiger partial charge on any atom is -0.383 e. The van der Waals surface area contributed by atoms with Crippen LogP contribution in [0.5, 0.6) is 0 Å². The highest BCUT2D eigenvalue weighted by Gasteiger charge is 2.16. The molecule has 2 N–H and O–H groups in total. The van der Waals surface area contributed by atoms with Gasteiger partial charge in [-0.2, -0.15) is 0 Å². The van der Waals surface area contributed by atoms with Crippen molar-refractivity contribution in [3.8, 4) is 0 Å². The largest absolute Gasteiger partial charge is 0.383 e. The number of nitrogens with two attached hydrogens (primary N) is 1. The minimum atomic E-state index is 0.609. The van der Waals surface area contributed by atoms with Crippen molar-refractivity contribution in [1.29, 1.82) is 0 Å². The Balaban J connectivity index is 1.79. The second kappa shape index (κ2) is 6.61. The maximum absolute atomic E-state index is 5.99. The number of rotatable bonds is 5. The molecule has 22 heavy (non-hydrogen) atoms. The summed E-state index contributed by atoms with van der Waals surface area (Å²) in [5.41, 5.74) is 11.7. The van der Waals surface area contributed by atoms with Crippen LogP contribution in [0.1, 0.15) is 48.4 Å². The molecule has 0 saturated carbocycles. The van der Waals surface area contributed by atoms with Crippen molar-refractivity contribution in [1.82, 2.24) is 0 Å². The molecule has 1 aliphatic heterocycles. The molecule has 2 nitrogen and oxygen atoms in total. The van der Waals surface area contributed by atoms with Crippen molar-refractivity contribution < 1.29 is 0 Å². The molecule has 3 rings (SSSR count). The minimum absolute atomic E-state index is 0.609. The zero-order valence-corrected chi connectivity index (χ0v) is 13.0. The predicted molar refractivity (Wildman–Crippen MR) is 94.7 cm³/mol. The highest BCUT2D eigenvalue weighted by atomic mass is 14.9. The number of fused-ring (bicyclic) bond motifs is 1. The molecule has 0 aliphatic carbocycles. The van der Waals surface area contributed by atoms with Crippen LogP contribution in [0, 0.1) is 0 Å². The lowest BCUT2D eigenvalue weighted by molar-refractivity contribution is 0.717. The van der Waals surface area contributed by atoms with Crippen LogP contribution in [0.2, 0.25) is 0 Å². The Morgan fingerprint density at radius 3 is 2.41 bits per heavy atom. The van der Waals surface area contributed by atoms with E-state index < -0.39 is 0 Å². The van der Waals surface area contributed by atoms with Crippen LogP contribution in [-0.2, 0) is 6.42 Å². The third kappa shape index (κ3) is 3.11. The van der Waals surface area contributed by atoms with E-state index in [-0.39, 0.29) is 0 Å². The summed E-state index contributed by atoms with van der Waals surface area (Å²) in [4.78, 5) is 4.49. The molecule has 1 aliphatic rings. The fourth-order valence-corrected chi connectivity index (χ4v) is 2.81. The van der Waals surface area contributed by atoms with E-state index in [0.717, 1.165) is 16.8 Å². The third-order valence-corrected chi connectivity index (χ3v) is 4.07. The van der Waals surface area contributed by atoms with E-state index >= 15 is 0 Å². The Morgan fingerprint density at radius 2 is 1.68 bits per heavy atom. The molecule has 0 bridgehead atoms. The fourth-order valence-electron chi connectivity index (χ4n) is 2.81. The molecule has 0 radical (unpaired) electrons. The quantitative estimate of drug-likeness (QED) is 0.801. The Morgan fingerprint density at radius 1 is 0.955 bits per heavy atom. The maximum atomic E-state index is 5.99. The van der Waals surface area contributed by atoms with Gasteiger partial charge in [-0.05, 0) is 30.0 Å². The Hall–Kier alpha value is -2.35. The van der Waals surface area contributed by atoms with Gasteiger partial charge in [0.1, 0.15) is 5.84 Å². The van der Waals surface area contributed by atoms with E-state index in [1.54, 1.807) is 0 Å². The van der Waals surface area contributed by atoms with E-state index in [9.17, 15) is 0 Å². The number of hydrogen-bond donors (Lipinski definition) is 1. The number of amidine groups is 1. The summed E-state index contributed by atoms with van der Waals surface area (Å²) in [6, 6.07) is 16.9. The standard InChI is InChI=1S/C20H22N2/c1-2-3-4-7-15-10-12-16(13-11-15)14-19-17-8-5-6-9-18(17)20(21)22-19/h5-6,8-14H,2-4,7H2,1H3,(H2,21,22)/b19-14+. The van der Waals surface area contributed by atoms with Gasteiger partial charge in [0.05, 0.1) is 5.70 Å². The van der Waals surface area contributed by atoms with Gasteiger partial charge in [0, 0.05) is 11.1 Å². The predicted octanol–water partition coefficient (Wildman–Crippen LogP) is 4.64. The zero-order valence-electron chi connectivity index (χ0n) is 13.0. The van der Waals surface area contributed by atoms with Crippen molar-refractivity contribution in [2.45, 2.75) is 32.6 Å². The summed E-state index contributed by atoms with van der Waals surface area (Å²) in [6.45, 7) is 2.24. The molecule has 1 heterocycles. The van der Waals surface area contributed by atoms with Gasteiger partial charge < -0.3 is 5.73 Å². The lowest BCUT2D eigenvalue weighted by atomic mass is 10.0. The Bertz CT molecular complexity index is 709. The van der Waals surface area contributed by atoms with Crippen molar-refractivity contribution >= 4 is 17.6 Å². The van der Waals surface area contributed by atoms with Crippen LogP contribution < -0.4 is 5.73 Å². The molecular weight excluding hydrogens is 268 g/mol. The number of nitrogens with zero attached hydrogens (tertiary/aromatic N) is 1. The van der Waals surface area contributed by atoms with Gasteiger partial charge in [-0.25, -0.2) is 4.99 Å². The van der Waals surface area contributed by atoms with Crippen molar-refractivity contribution in [3.05, 3.63) is 70.8 Å². The molecule has 0 spiro atoms.